The van der Waals surface area contributed by atoms with Gasteiger partial charge in [0.15, 0.2) is 0 Å². The van der Waals surface area contributed by atoms with Crippen molar-refractivity contribution in [1.29, 1.82) is 0 Å². The third-order valence-electron chi connectivity index (χ3n) is 5.35. The fourth-order valence-electron chi connectivity index (χ4n) is 3.50. The van der Waals surface area contributed by atoms with Crippen LogP contribution in [0.1, 0.15) is 12.5 Å². The molecule has 0 aliphatic heterocycles. The standard InChI is InChI=1S/C25H25Cl2N3O4S/c1-18(25(32)28-2)29(16-19-9-5-3-6-10-19)24(31)17-30(22-14-20(26)13-21(27)15-22)35(33,34)23-11-7-4-8-12-23/h3-15,18H,16-17H2,1-2H3,(H,28,32). The molecule has 10 heteroatoms. The number of hydrogen-bond acceptors (Lipinski definition) is 4. The number of nitrogens with one attached hydrogen (secondary N) is 1. The van der Waals surface area contributed by atoms with Gasteiger partial charge in [-0.2, -0.15) is 0 Å². The van der Waals surface area contributed by atoms with Crippen LogP contribution in [0.25, 0.3) is 0 Å². The smallest absolute Gasteiger partial charge is 0.264 e. The zero-order valence-corrected chi connectivity index (χ0v) is 21.5. The van der Waals surface area contributed by atoms with E-state index in [9.17, 15) is 18.0 Å². The van der Waals surface area contributed by atoms with Gasteiger partial charge in [-0.25, -0.2) is 8.42 Å². The topological polar surface area (TPSA) is 86.8 Å². The number of carbonyl (C=O) groups is 2. The second kappa shape index (κ2) is 11.6. The van der Waals surface area contributed by atoms with Gasteiger partial charge in [-0.1, -0.05) is 71.7 Å². The Labute approximate surface area is 215 Å². The molecule has 35 heavy (non-hydrogen) atoms. The minimum atomic E-state index is -4.17. The fourth-order valence-corrected chi connectivity index (χ4v) is 5.44. The van der Waals surface area contributed by atoms with Crippen LogP contribution in [0, 0.1) is 0 Å². The van der Waals surface area contributed by atoms with Gasteiger partial charge in [0.05, 0.1) is 10.6 Å². The van der Waals surface area contributed by atoms with E-state index >= 15 is 0 Å². The van der Waals surface area contributed by atoms with E-state index in [0.717, 1.165) is 9.87 Å². The summed E-state index contributed by atoms with van der Waals surface area (Å²) >= 11 is 12.3. The van der Waals surface area contributed by atoms with Crippen LogP contribution in [0.5, 0.6) is 0 Å². The molecular weight excluding hydrogens is 509 g/mol. The summed E-state index contributed by atoms with van der Waals surface area (Å²) in [7, 11) is -2.70. The van der Waals surface area contributed by atoms with Crippen molar-refractivity contribution in [3.8, 4) is 0 Å². The Balaban J connectivity index is 2.05. The lowest BCUT2D eigenvalue weighted by molar-refractivity contribution is -0.139. The number of likely N-dealkylation sites (N-methyl/N-ethyl adjacent to an activating group) is 1. The van der Waals surface area contributed by atoms with Gasteiger partial charge in [-0.05, 0) is 42.8 Å². The van der Waals surface area contributed by atoms with Crippen molar-refractivity contribution in [3.05, 3.63) is 94.5 Å². The van der Waals surface area contributed by atoms with Gasteiger partial charge in [0.25, 0.3) is 10.0 Å². The van der Waals surface area contributed by atoms with Crippen LogP contribution < -0.4 is 9.62 Å². The molecule has 0 spiro atoms. The highest BCUT2D eigenvalue weighted by molar-refractivity contribution is 7.92. The largest absolute Gasteiger partial charge is 0.357 e. The van der Waals surface area contributed by atoms with Crippen molar-refractivity contribution in [3.63, 3.8) is 0 Å². The Morgan fingerprint density at radius 3 is 2.00 bits per heavy atom. The van der Waals surface area contributed by atoms with Gasteiger partial charge < -0.3 is 10.2 Å². The number of nitrogens with zero attached hydrogens (tertiary/aromatic N) is 2. The summed E-state index contributed by atoms with van der Waals surface area (Å²) in [5.74, 6) is -0.946. The molecule has 3 rings (SSSR count). The number of amides is 2. The van der Waals surface area contributed by atoms with E-state index in [0.29, 0.717) is 0 Å². The molecule has 0 saturated carbocycles. The Morgan fingerprint density at radius 2 is 1.46 bits per heavy atom. The minimum Gasteiger partial charge on any atom is -0.357 e. The summed E-state index contributed by atoms with van der Waals surface area (Å²) in [6.45, 7) is 1.14. The summed E-state index contributed by atoms with van der Waals surface area (Å²) in [5, 5.41) is 2.97. The van der Waals surface area contributed by atoms with E-state index in [4.69, 9.17) is 23.2 Å². The summed E-state index contributed by atoms with van der Waals surface area (Å²) in [6, 6.07) is 20.3. The second-order valence-corrected chi connectivity index (χ2v) is 10.5. The summed E-state index contributed by atoms with van der Waals surface area (Å²) in [5.41, 5.74) is 0.923. The molecule has 3 aromatic carbocycles. The number of benzene rings is 3. The van der Waals surface area contributed by atoms with Gasteiger partial charge >= 0.3 is 0 Å². The SMILES string of the molecule is CNC(=O)C(C)N(Cc1ccccc1)C(=O)CN(c1cc(Cl)cc(Cl)c1)S(=O)(=O)c1ccccc1. The highest BCUT2D eigenvalue weighted by atomic mass is 35.5. The Kier molecular flexibility index (Phi) is 8.77. The molecule has 1 unspecified atom stereocenters. The van der Waals surface area contributed by atoms with Gasteiger partial charge in [0.2, 0.25) is 11.8 Å². The first-order chi connectivity index (χ1) is 16.6. The van der Waals surface area contributed by atoms with E-state index in [-0.39, 0.29) is 33.1 Å². The maximum Gasteiger partial charge on any atom is 0.264 e. The summed E-state index contributed by atoms with van der Waals surface area (Å²) < 4.78 is 28.2. The number of carbonyl (C=O) groups excluding carboxylic acids is 2. The molecule has 3 aromatic rings. The van der Waals surface area contributed by atoms with Crippen molar-refractivity contribution in [2.75, 3.05) is 17.9 Å². The zero-order valence-electron chi connectivity index (χ0n) is 19.2. The van der Waals surface area contributed by atoms with Crippen LogP contribution >= 0.6 is 23.2 Å². The quantitative estimate of drug-likeness (QED) is 0.442. The van der Waals surface area contributed by atoms with Crippen LogP contribution in [-0.2, 0) is 26.2 Å². The monoisotopic (exact) mass is 533 g/mol. The lowest BCUT2D eigenvalue weighted by Crippen LogP contribution is -2.50. The lowest BCUT2D eigenvalue weighted by atomic mass is 10.1. The third-order valence-corrected chi connectivity index (χ3v) is 7.58. The molecule has 0 aliphatic carbocycles. The average molecular weight is 534 g/mol. The molecule has 0 aliphatic rings. The van der Waals surface area contributed by atoms with Crippen LogP contribution in [0.4, 0.5) is 5.69 Å². The number of hydrogen-bond donors (Lipinski definition) is 1. The Morgan fingerprint density at radius 1 is 0.914 bits per heavy atom. The van der Waals surface area contributed by atoms with Crippen LogP contribution in [0.2, 0.25) is 10.0 Å². The molecule has 1 atom stereocenters. The van der Waals surface area contributed by atoms with Gasteiger partial charge in [-0.15, -0.1) is 0 Å². The maximum atomic E-state index is 13.6. The Hall–Kier alpha value is -3.07. The van der Waals surface area contributed by atoms with E-state index in [1.807, 2.05) is 30.3 Å². The first-order valence-electron chi connectivity index (χ1n) is 10.7. The number of sulfonamides is 1. The van der Waals surface area contributed by atoms with Gasteiger partial charge in [-0.3, -0.25) is 13.9 Å². The van der Waals surface area contributed by atoms with E-state index in [2.05, 4.69) is 5.32 Å². The maximum absolute atomic E-state index is 13.6. The molecule has 0 fully saturated rings. The van der Waals surface area contributed by atoms with Crippen LogP contribution in [-0.4, -0.2) is 44.8 Å². The van der Waals surface area contributed by atoms with Crippen molar-refractivity contribution in [2.24, 2.45) is 0 Å². The molecule has 2 amide bonds. The van der Waals surface area contributed by atoms with E-state index in [1.54, 1.807) is 25.1 Å². The molecule has 0 radical (unpaired) electrons. The molecule has 7 nitrogen and oxygen atoms in total. The lowest BCUT2D eigenvalue weighted by Gasteiger charge is -2.31. The highest BCUT2D eigenvalue weighted by Gasteiger charge is 2.32. The fraction of sp³-hybridized carbons (Fsp3) is 0.200. The number of halogens is 2. The highest BCUT2D eigenvalue weighted by Crippen LogP contribution is 2.30. The molecular formula is C25H25Cl2N3O4S. The molecule has 0 aromatic heterocycles. The van der Waals surface area contributed by atoms with Gasteiger partial charge in [0, 0.05) is 23.6 Å². The predicted octanol–water partition coefficient (Wildman–Crippen LogP) is 4.35. The van der Waals surface area contributed by atoms with Crippen LogP contribution in [0.15, 0.2) is 83.8 Å². The third kappa shape index (κ3) is 6.54. The molecule has 0 heterocycles. The van der Waals surface area contributed by atoms with Crippen molar-refractivity contribution >= 4 is 50.7 Å². The first kappa shape index (κ1) is 26.5. The number of rotatable bonds is 9. The second-order valence-electron chi connectivity index (χ2n) is 7.75. The minimum absolute atomic E-state index is 0.00198. The molecule has 184 valence electrons. The predicted molar refractivity (Wildman–Crippen MR) is 138 cm³/mol. The summed E-state index contributed by atoms with van der Waals surface area (Å²) in [4.78, 5) is 27.4. The normalized spacial score (nSPS) is 12.0. The average Bonchev–Trinajstić information content (AvgIpc) is 2.85. The van der Waals surface area contributed by atoms with E-state index < -0.39 is 28.5 Å². The number of anilines is 1. The Bertz CT molecular complexity index is 1270. The summed E-state index contributed by atoms with van der Waals surface area (Å²) in [6.07, 6.45) is 0. The van der Waals surface area contributed by atoms with Crippen LogP contribution in [0.3, 0.4) is 0 Å². The molecule has 1 N–H and O–H groups in total. The van der Waals surface area contributed by atoms with E-state index in [1.165, 1.54) is 42.3 Å². The molecule has 0 saturated heterocycles. The molecule has 0 bridgehead atoms. The van der Waals surface area contributed by atoms with Gasteiger partial charge in [0.1, 0.15) is 12.6 Å². The van der Waals surface area contributed by atoms with Crippen molar-refractivity contribution in [1.82, 2.24) is 10.2 Å². The van der Waals surface area contributed by atoms with Crippen molar-refractivity contribution in [2.45, 2.75) is 24.4 Å². The zero-order chi connectivity index (χ0) is 25.6. The first-order valence-corrected chi connectivity index (χ1v) is 12.9. The van der Waals surface area contributed by atoms with Crippen molar-refractivity contribution < 1.29 is 18.0 Å².